The lowest BCUT2D eigenvalue weighted by Gasteiger charge is -2.21. The molecule has 2 fully saturated rings. The quantitative estimate of drug-likeness (QED) is 0.752. The van der Waals surface area contributed by atoms with Crippen LogP contribution < -0.4 is 10.2 Å². The molecule has 1 aliphatic carbocycles. The third-order valence-electron chi connectivity index (χ3n) is 4.18. The fourth-order valence-electron chi connectivity index (χ4n) is 2.71. The van der Waals surface area contributed by atoms with Crippen LogP contribution in [0.3, 0.4) is 0 Å². The number of nitrogens with one attached hydrogen (secondary N) is 1. The largest absolute Gasteiger partial charge is 0.389 e. The number of rotatable bonds is 5. The van der Waals surface area contributed by atoms with Crippen LogP contribution in [0.4, 0.5) is 11.6 Å². The lowest BCUT2D eigenvalue weighted by Crippen LogP contribution is -2.24. The molecule has 2 heterocycles. The van der Waals surface area contributed by atoms with Crippen molar-refractivity contribution in [2.24, 2.45) is 0 Å². The van der Waals surface area contributed by atoms with Crippen molar-refractivity contribution in [2.75, 3.05) is 29.9 Å². The standard InChI is InChI=1S/C15H24N4O2/c1-3-6-16-13-9(2)15(18-14(17-13)10-4-5-10)19-7-11(20)12(21)8-19/h10-12,20-21H,3-8H2,1-2H3,(H,16,17,18). The van der Waals surface area contributed by atoms with E-state index in [9.17, 15) is 10.2 Å². The maximum absolute atomic E-state index is 9.77. The van der Waals surface area contributed by atoms with Crippen LogP contribution in [0.25, 0.3) is 0 Å². The summed E-state index contributed by atoms with van der Waals surface area (Å²) in [6.45, 7) is 5.86. The van der Waals surface area contributed by atoms with Gasteiger partial charge in [0.15, 0.2) is 0 Å². The Hall–Kier alpha value is -1.40. The molecule has 116 valence electrons. The molecule has 0 radical (unpaired) electrons. The lowest BCUT2D eigenvalue weighted by molar-refractivity contribution is 0.0572. The summed E-state index contributed by atoms with van der Waals surface area (Å²) in [5.41, 5.74) is 0.995. The topological polar surface area (TPSA) is 81.5 Å². The second kappa shape index (κ2) is 5.77. The Kier molecular flexibility index (Phi) is 3.99. The minimum Gasteiger partial charge on any atom is -0.389 e. The van der Waals surface area contributed by atoms with Crippen molar-refractivity contribution in [2.45, 2.75) is 51.2 Å². The summed E-state index contributed by atoms with van der Waals surface area (Å²) in [4.78, 5) is 11.3. The van der Waals surface area contributed by atoms with E-state index in [4.69, 9.17) is 4.98 Å². The molecule has 3 rings (SSSR count). The first-order chi connectivity index (χ1) is 10.1. The zero-order chi connectivity index (χ0) is 15.0. The number of aromatic nitrogens is 2. The van der Waals surface area contributed by atoms with Crippen molar-refractivity contribution in [3.63, 3.8) is 0 Å². The second-order valence-electron chi connectivity index (χ2n) is 6.12. The number of anilines is 2. The zero-order valence-corrected chi connectivity index (χ0v) is 12.7. The molecule has 6 heteroatoms. The molecule has 2 unspecified atom stereocenters. The molecule has 0 bridgehead atoms. The molecule has 1 aliphatic heterocycles. The summed E-state index contributed by atoms with van der Waals surface area (Å²) < 4.78 is 0. The number of aliphatic hydroxyl groups is 2. The average Bonchev–Trinajstić information content (AvgIpc) is 3.25. The molecule has 1 saturated heterocycles. The minimum absolute atomic E-state index is 0.427. The highest BCUT2D eigenvalue weighted by Gasteiger charge is 2.34. The Morgan fingerprint density at radius 2 is 1.86 bits per heavy atom. The van der Waals surface area contributed by atoms with Gasteiger partial charge in [-0.3, -0.25) is 0 Å². The van der Waals surface area contributed by atoms with Crippen molar-refractivity contribution in [3.8, 4) is 0 Å². The third kappa shape index (κ3) is 2.96. The fourth-order valence-corrected chi connectivity index (χ4v) is 2.71. The first kappa shape index (κ1) is 14.5. The van der Waals surface area contributed by atoms with Gasteiger partial charge in [0.1, 0.15) is 17.5 Å². The minimum atomic E-state index is -0.698. The van der Waals surface area contributed by atoms with Crippen LogP contribution in [0.15, 0.2) is 0 Å². The van der Waals surface area contributed by atoms with E-state index in [0.717, 1.165) is 48.8 Å². The van der Waals surface area contributed by atoms with Gasteiger partial charge in [-0.05, 0) is 26.2 Å². The monoisotopic (exact) mass is 292 g/mol. The number of nitrogens with zero attached hydrogens (tertiary/aromatic N) is 3. The van der Waals surface area contributed by atoms with Crippen molar-refractivity contribution in [3.05, 3.63) is 11.4 Å². The van der Waals surface area contributed by atoms with Crippen molar-refractivity contribution in [1.82, 2.24) is 9.97 Å². The van der Waals surface area contributed by atoms with Crippen LogP contribution in [0, 0.1) is 6.92 Å². The smallest absolute Gasteiger partial charge is 0.137 e. The first-order valence-electron chi connectivity index (χ1n) is 7.83. The molecular weight excluding hydrogens is 268 g/mol. The molecule has 6 nitrogen and oxygen atoms in total. The molecule has 1 aromatic heterocycles. The molecular formula is C15H24N4O2. The average molecular weight is 292 g/mol. The third-order valence-corrected chi connectivity index (χ3v) is 4.18. The van der Waals surface area contributed by atoms with Crippen molar-refractivity contribution >= 4 is 11.6 Å². The fraction of sp³-hybridized carbons (Fsp3) is 0.733. The summed E-state index contributed by atoms with van der Waals surface area (Å²) in [6, 6.07) is 0. The molecule has 3 N–H and O–H groups in total. The predicted octanol–water partition coefficient (Wildman–Crippen LogP) is 1.03. The van der Waals surface area contributed by atoms with Crippen LogP contribution in [0.1, 0.15) is 43.5 Å². The van der Waals surface area contributed by atoms with Gasteiger partial charge < -0.3 is 20.4 Å². The van der Waals surface area contributed by atoms with E-state index in [2.05, 4.69) is 17.2 Å². The number of hydrogen-bond donors (Lipinski definition) is 3. The van der Waals surface area contributed by atoms with E-state index in [1.807, 2.05) is 11.8 Å². The highest BCUT2D eigenvalue weighted by atomic mass is 16.3. The van der Waals surface area contributed by atoms with Gasteiger partial charge in [0.2, 0.25) is 0 Å². The highest BCUT2D eigenvalue weighted by molar-refractivity contribution is 5.59. The molecule has 1 saturated carbocycles. The highest BCUT2D eigenvalue weighted by Crippen LogP contribution is 2.40. The maximum Gasteiger partial charge on any atom is 0.137 e. The Bertz CT molecular complexity index is 509. The molecule has 0 amide bonds. The van der Waals surface area contributed by atoms with E-state index >= 15 is 0 Å². The number of hydrogen-bond acceptors (Lipinski definition) is 6. The molecule has 0 spiro atoms. The normalized spacial score (nSPS) is 25.4. The van der Waals surface area contributed by atoms with Gasteiger partial charge in [0, 0.05) is 31.1 Å². The van der Waals surface area contributed by atoms with E-state index in [-0.39, 0.29) is 0 Å². The van der Waals surface area contributed by atoms with Crippen molar-refractivity contribution < 1.29 is 10.2 Å². The summed E-state index contributed by atoms with van der Waals surface area (Å²) in [7, 11) is 0. The molecule has 2 aliphatic rings. The van der Waals surface area contributed by atoms with E-state index in [1.54, 1.807) is 0 Å². The van der Waals surface area contributed by atoms with Gasteiger partial charge in [0.25, 0.3) is 0 Å². The van der Waals surface area contributed by atoms with Crippen LogP contribution in [0.2, 0.25) is 0 Å². The zero-order valence-electron chi connectivity index (χ0n) is 12.7. The van der Waals surface area contributed by atoms with Gasteiger partial charge >= 0.3 is 0 Å². The first-order valence-corrected chi connectivity index (χ1v) is 7.83. The van der Waals surface area contributed by atoms with Gasteiger partial charge in [-0.25, -0.2) is 9.97 Å². The van der Waals surface area contributed by atoms with Gasteiger partial charge in [0.05, 0.1) is 12.2 Å². The SMILES string of the molecule is CCCNc1nc(C2CC2)nc(N2CC(O)C(O)C2)c1C. The Morgan fingerprint density at radius 1 is 1.19 bits per heavy atom. The summed E-state index contributed by atoms with van der Waals surface area (Å²) in [5, 5.41) is 22.9. The van der Waals surface area contributed by atoms with Gasteiger partial charge in [-0.1, -0.05) is 6.92 Å². The number of β-amino-alcohol motifs (C(OH)–C–C–N with tert-alkyl or cyclic N) is 2. The Labute approximate surface area is 125 Å². The number of aliphatic hydroxyl groups excluding tert-OH is 2. The van der Waals surface area contributed by atoms with Crippen LogP contribution >= 0.6 is 0 Å². The van der Waals surface area contributed by atoms with Crippen LogP contribution in [0.5, 0.6) is 0 Å². The maximum atomic E-state index is 9.77. The van der Waals surface area contributed by atoms with Crippen LogP contribution in [-0.4, -0.2) is 52.0 Å². The molecule has 21 heavy (non-hydrogen) atoms. The predicted molar refractivity (Wildman–Crippen MR) is 81.8 cm³/mol. The van der Waals surface area contributed by atoms with E-state index in [1.165, 1.54) is 0 Å². The van der Waals surface area contributed by atoms with E-state index in [0.29, 0.717) is 19.0 Å². The van der Waals surface area contributed by atoms with E-state index < -0.39 is 12.2 Å². The Balaban J connectivity index is 1.92. The van der Waals surface area contributed by atoms with Gasteiger partial charge in [-0.2, -0.15) is 0 Å². The summed E-state index contributed by atoms with van der Waals surface area (Å²) in [5.74, 6) is 3.11. The summed E-state index contributed by atoms with van der Waals surface area (Å²) in [6.07, 6.45) is 1.95. The van der Waals surface area contributed by atoms with Crippen molar-refractivity contribution in [1.29, 1.82) is 0 Å². The second-order valence-corrected chi connectivity index (χ2v) is 6.12. The lowest BCUT2D eigenvalue weighted by atomic mass is 10.2. The van der Waals surface area contributed by atoms with Gasteiger partial charge in [-0.15, -0.1) is 0 Å². The van der Waals surface area contributed by atoms with Crippen LogP contribution in [-0.2, 0) is 0 Å². The molecule has 2 atom stereocenters. The Morgan fingerprint density at radius 3 is 2.43 bits per heavy atom. The molecule has 0 aromatic carbocycles. The summed E-state index contributed by atoms with van der Waals surface area (Å²) >= 11 is 0. The molecule has 1 aromatic rings.